The second-order valence-electron chi connectivity index (χ2n) is 4.05. The van der Waals surface area contributed by atoms with Gasteiger partial charge in [-0.05, 0) is 25.0 Å². The minimum Gasteiger partial charge on any atom is -0.350 e. The summed E-state index contributed by atoms with van der Waals surface area (Å²) in [5.74, 6) is 0.0908. The molecule has 1 aliphatic rings. The lowest BCUT2D eigenvalue weighted by Crippen LogP contribution is -2.15. The van der Waals surface area contributed by atoms with Crippen molar-refractivity contribution in [2.75, 3.05) is 13.2 Å². The molecular weight excluding hydrogens is 204 g/mol. The van der Waals surface area contributed by atoms with E-state index in [0.29, 0.717) is 19.6 Å². The molecule has 0 spiro atoms. The maximum atomic E-state index is 12.0. The van der Waals surface area contributed by atoms with Crippen LogP contribution in [0.4, 0.5) is 0 Å². The van der Waals surface area contributed by atoms with Gasteiger partial charge in [-0.2, -0.15) is 0 Å². The van der Waals surface area contributed by atoms with E-state index in [9.17, 15) is 4.79 Å². The highest BCUT2D eigenvalue weighted by Gasteiger charge is 2.21. The van der Waals surface area contributed by atoms with E-state index in [0.717, 1.165) is 16.7 Å². The summed E-state index contributed by atoms with van der Waals surface area (Å²) in [6.45, 7) is 5.16. The molecule has 0 radical (unpaired) electrons. The first kappa shape index (κ1) is 11.3. The maximum absolute atomic E-state index is 12.0. The van der Waals surface area contributed by atoms with Crippen molar-refractivity contribution < 1.29 is 14.3 Å². The van der Waals surface area contributed by atoms with Gasteiger partial charge >= 0.3 is 0 Å². The molecule has 0 bridgehead atoms. The van der Waals surface area contributed by atoms with Gasteiger partial charge in [0.05, 0.1) is 19.6 Å². The number of ketones is 1. The topological polar surface area (TPSA) is 35.5 Å². The summed E-state index contributed by atoms with van der Waals surface area (Å²) >= 11 is 0. The summed E-state index contributed by atoms with van der Waals surface area (Å²) < 4.78 is 10.5. The Morgan fingerprint density at radius 2 is 2.00 bits per heavy atom. The molecule has 0 atom stereocenters. The molecule has 1 aliphatic heterocycles. The van der Waals surface area contributed by atoms with Crippen LogP contribution in [0, 0.1) is 13.8 Å². The number of rotatable bonds is 3. The molecule has 0 amide bonds. The third-order valence-corrected chi connectivity index (χ3v) is 2.95. The molecule has 3 heteroatoms. The molecule has 86 valence electrons. The largest absolute Gasteiger partial charge is 0.350 e. The van der Waals surface area contributed by atoms with Gasteiger partial charge < -0.3 is 9.47 Å². The molecule has 1 fully saturated rings. The normalized spacial score (nSPS) is 16.6. The fraction of sp³-hybridized carbons (Fsp3) is 0.462. The predicted octanol–water partition coefficient (Wildman–Crippen LogP) is 2.25. The smallest absolute Gasteiger partial charge is 0.168 e. The molecule has 0 aliphatic carbocycles. The number of carbonyl (C=O) groups excluding carboxylic acids is 1. The molecule has 0 unspecified atom stereocenters. The highest BCUT2D eigenvalue weighted by atomic mass is 16.7. The summed E-state index contributed by atoms with van der Waals surface area (Å²) in [4.78, 5) is 12.0. The monoisotopic (exact) mass is 220 g/mol. The van der Waals surface area contributed by atoms with E-state index in [1.807, 2.05) is 32.0 Å². The second-order valence-corrected chi connectivity index (χ2v) is 4.05. The van der Waals surface area contributed by atoms with Gasteiger partial charge in [0, 0.05) is 5.56 Å². The molecule has 0 saturated carbocycles. The van der Waals surface area contributed by atoms with Gasteiger partial charge in [0.15, 0.2) is 12.1 Å². The quantitative estimate of drug-likeness (QED) is 0.733. The van der Waals surface area contributed by atoms with Gasteiger partial charge in [0.2, 0.25) is 0 Å². The summed E-state index contributed by atoms with van der Waals surface area (Å²) in [5.41, 5.74) is 2.96. The first-order valence-electron chi connectivity index (χ1n) is 5.51. The number of ether oxygens (including phenoxy) is 2. The van der Waals surface area contributed by atoms with Crippen molar-refractivity contribution in [2.45, 2.75) is 26.6 Å². The fourth-order valence-corrected chi connectivity index (χ4v) is 1.84. The number of aryl methyl sites for hydroxylation is 1. The summed E-state index contributed by atoms with van der Waals surface area (Å²) in [5, 5.41) is 0. The molecule has 0 aromatic heterocycles. The van der Waals surface area contributed by atoms with Crippen molar-refractivity contribution in [2.24, 2.45) is 0 Å². The average molecular weight is 220 g/mol. The fourth-order valence-electron chi connectivity index (χ4n) is 1.84. The zero-order valence-corrected chi connectivity index (χ0v) is 9.66. The minimum atomic E-state index is -0.354. The van der Waals surface area contributed by atoms with E-state index < -0.39 is 0 Å². The van der Waals surface area contributed by atoms with Gasteiger partial charge in [0.25, 0.3) is 0 Å². The average Bonchev–Trinajstić information content (AvgIpc) is 2.74. The zero-order valence-electron chi connectivity index (χ0n) is 9.66. The van der Waals surface area contributed by atoms with Gasteiger partial charge in [-0.15, -0.1) is 0 Å². The molecule has 16 heavy (non-hydrogen) atoms. The number of hydrogen-bond donors (Lipinski definition) is 0. The van der Waals surface area contributed by atoms with Crippen molar-refractivity contribution in [3.63, 3.8) is 0 Å². The molecule has 1 aromatic rings. The van der Waals surface area contributed by atoms with E-state index in [2.05, 4.69) is 0 Å². The number of carbonyl (C=O) groups is 1. The number of benzene rings is 1. The van der Waals surface area contributed by atoms with E-state index in [4.69, 9.17) is 9.47 Å². The van der Waals surface area contributed by atoms with Crippen LogP contribution in [0.1, 0.15) is 27.9 Å². The van der Waals surface area contributed by atoms with E-state index in [1.54, 1.807) is 0 Å². The van der Waals surface area contributed by atoms with E-state index >= 15 is 0 Å². The van der Waals surface area contributed by atoms with Crippen LogP contribution in [0.5, 0.6) is 0 Å². The Hall–Kier alpha value is -1.19. The Labute approximate surface area is 95.4 Å². The highest BCUT2D eigenvalue weighted by Crippen LogP contribution is 2.17. The van der Waals surface area contributed by atoms with Crippen LogP contribution < -0.4 is 0 Å². The lowest BCUT2D eigenvalue weighted by Gasteiger charge is -2.10. The van der Waals surface area contributed by atoms with Crippen LogP contribution >= 0.6 is 0 Å². The van der Waals surface area contributed by atoms with Gasteiger partial charge in [0.1, 0.15) is 0 Å². The molecular formula is C13H16O3. The van der Waals surface area contributed by atoms with E-state index in [1.165, 1.54) is 0 Å². The van der Waals surface area contributed by atoms with Crippen molar-refractivity contribution in [1.29, 1.82) is 0 Å². The first-order valence-corrected chi connectivity index (χ1v) is 5.51. The standard InChI is InChI=1S/C13H16O3/c1-9-4-3-5-11(10(9)2)12(14)8-13-15-6-7-16-13/h3-5,13H,6-8H2,1-2H3. The third kappa shape index (κ3) is 2.31. The lowest BCUT2D eigenvalue weighted by molar-refractivity contribution is -0.0407. The van der Waals surface area contributed by atoms with Crippen LogP contribution in [-0.4, -0.2) is 25.3 Å². The zero-order chi connectivity index (χ0) is 11.5. The van der Waals surface area contributed by atoms with Crippen LogP contribution in [0.15, 0.2) is 18.2 Å². The summed E-state index contributed by atoms with van der Waals surface area (Å²) in [7, 11) is 0. The minimum absolute atomic E-state index is 0.0908. The van der Waals surface area contributed by atoms with Crippen LogP contribution in [-0.2, 0) is 9.47 Å². The Balaban J connectivity index is 2.11. The van der Waals surface area contributed by atoms with Gasteiger partial charge in [-0.1, -0.05) is 18.2 Å². The maximum Gasteiger partial charge on any atom is 0.168 e. The van der Waals surface area contributed by atoms with Gasteiger partial charge in [-0.3, -0.25) is 4.79 Å². The first-order chi connectivity index (χ1) is 7.68. The Bertz CT molecular complexity index is 392. The molecule has 3 nitrogen and oxygen atoms in total. The molecule has 2 rings (SSSR count). The van der Waals surface area contributed by atoms with Crippen LogP contribution in [0.2, 0.25) is 0 Å². The summed E-state index contributed by atoms with van der Waals surface area (Å²) in [6.07, 6.45) is -0.0444. The second kappa shape index (κ2) is 4.76. The van der Waals surface area contributed by atoms with Crippen molar-refractivity contribution in [3.8, 4) is 0 Å². The van der Waals surface area contributed by atoms with Crippen LogP contribution in [0.3, 0.4) is 0 Å². The van der Waals surface area contributed by atoms with Crippen molar-refractivity contribution >= 4 is 5.78 Å². The molecule has 1 aromatic carbocycles. The number of Topliss-reactive ketones (excluding diaryl/α,β-unsaturated/α-hetero) is 1. The van der Waals surface area contributed by atoms with E-state index in [-0.39, 0.29) is 12.1 Å². The Morgan fingerprint density at radius 3 is 2.69 bits per heavy atom. The molecule has 1 heterocycles. The molecule has 1 saturated heterocycles. The Kier molecular flexibility index (Phi) is 3.36. The number of hydrogen-bond acceptors (Lipinski definition) is 3. The van der Waals surface area contributed by atoms with Crippen molar-refractivity contribution in [1.82, 2.24) is 0 Å². The summed E-state index contributed by atoms with van der Waals surface area (Å²) in [6, 6.07) is 5.78. The Morgan fingerprint density at radius 1 is 1.31 bits per heavy atom. The third-order valence-electron chi connectivity index (χ3n) is 2.95. The van der Waals surface area contributed by atoms with Crippen LogP contribution in [0.25, 0.3) is 0 Å². The highest BCUT2D eigenvalue weighted by molar-refractivity contribution is 5.97. The lowest BCUT2D eigenvalue weighted by atomic mass is 9.99. The molecule has 0 N–H and O–H groups in total. The SMILES string of the molecule is Cc1cccc(C(=O)CC2OCCO2)c1C. The van der Waals surface area contributed by atoms with Crippen molar-refractivity contribution in [3.05, 3.63) is 34.9 Å². The predicted molar refractivity (Wildman–Crippen MR) is 60.6 cm³/mol. The van der Waals surface area contributed by atoms with Gasteiger partial charge in [-0.25, -0.2) is 0 Å².